The molecular formula is C21H21N3O3S. The Kier molecular flexibility index (Phi) is 6.89. The Morgan fingerprint density at radius 1 is 0.964 bits per heavy atom. The molecule has 0 aliphatic heterocycles. The van der Waals surface area contributed by atoms with Crippen LogP contribution in [0.4, 0.5) is 0 Å². The molecule has 2 N–H and O–H groups in total. The first-order valence-electron chi connectivity index (χ1n) is 8.84. The van der Waals surface area contributed by atoms with Crippen molar-refractivity contribution in [3.8, 4) is 21.8 Å². The molecule has 2 amide bonds. The highest BCUT2D eigenvalue weighted by atomic mass is 32.1. The first kappa shape index (κ1) is 19.7. The van der Waals surface area contributed by atoms with Crippen LogP contribution in [0.2, 0.25) is 0 Å². The molecule has 1 heterocycles. The number of ether oxygens (including phenoxy) is 1. The van der Waals surface area contributed by atoms with Gasteiger partial charge in [-0.15, -0.1) is 11.3 Å². The van der Waals surface area contributed by atoms with Crippen LogP contribution in [0.3, 0.4) is 0 Å². The van der Waals surface area contributed by atoms with Gasteiger partial charge in [-0.2, -0.15) is 0 Å². The van der Waals surface area contributed by atoms with E-state index in [2.05, 4.69) is 10.6 Å². The molecule has 0 saturated heterocycles. The SMILES string of the molecule is COCCNC(=O)CNC(=O)c1sc(-c2ccccc2)nc1-c1ccccc1. The van der Waals surface area contributed by atoms with E-state index in [9.17, 15) is 9.59 Å². The van der Waals surface area contributed by atoms with Crippen LogP contribution >= 0.6 is 11.3 Å². The van der Waals surface area contributed by atoms with Crippen LogP contribution in [-0.4, -0.2) is 43.6 Å². The van der Waals surface area contributed by atoms with Crippen molar-refractivity contribution in [2.75, 3.05) is 26.8 Å². The molecule has 0 bridgehead atoms. The quantitative estimate of drug-likeness (QED) is 0.575. The van der Waals surface area contributed by atoms with E-state index >= 15 is 0 Å². The third-order valence-electron chi connectivity index (χ3n) is 3.94. The zero-order valence-corrected chi connectivity index (χ0v) is 16.3. The number of aromatic nitrogens is 1. The molecule has 0 radical (unpaired) electrons. The topological polar surface area (TPSA) is 80.3 Å². The van der Waals surface area contributed by atoms with Gasteiger partial charge in [-0.3, -0.25) is 9.59 Å². The zero-order valence-electron chi connectivity index (χ0n) is 15.5. The number of benzene rings is 2. The first-order valence-corrected chi connectivity index (χ1v) is 9.66. The fraction of sp³-hybridized carbons (Fsp3) is 0.190. The molecule has 6 nitrogen and oxygen atoms in total. The van der Waals surface area contributed by atoms with Crippen LogP contribution in [0.25, 0.3) is 21.8 Å². The monoisotopic (exact) mass is 395 g/mol. The second kappa shape index (κ2) is 9.77. The van der Waals surface area contributed by atoms with E-state index < -0.39 is 0 Å². The number of nitrogens with one attached hydrogen (secondary N) is 2. The standard InChI is InChI=1S/C21H21N3O3S/c1-27-13-12-22-17(25)14-23-20(26)19-18(15-8-4-2-5-9-15)24-21(28-19)16-10-6-3-7-11-16/h2-11H,12-14H2,1H3,(H,22,25)(H,23,26). The molecule has 0 atom stereocenters. The molecule has 0 fully saturated rings. The summed E-state index contributed by atoms with van der Waals surface area (Å²) in [6.07, 6.45) is 0. The molecule has 28 heavy (non-hydrogen) atoms. The molecule has 3 rings (SSSR count). The molecule has 0 saturated carbocycles. The highest BCUT2D eigenvalue weighted by Gasteiger charge is 2.20. The number of carbonyl (C=O) groups is 2. The maximum atomic E-state index is 12.8. The summed E-state index contributed by atoms with van der Waals surface area (Å²) >= 11 is 1.31. The fourth-order valence-electron chi connectivity index (χ4n) is 2.57. The van der Waals surface area contributed by atoms with Gasteiger partial charge in [-0.1, -0.05) is 60.7 Å². The van der Waals surface area contributed by atoms with Crippen molar-refractivity contribution < 1.29 is 14.3 Å². The van der Waals surface area contributed by atoms with E-state index in [0.29, 0.717) is 23.7 Å². The lowest BCUT2D eigenvalue weighted by Gasteiger charge is -2.06. The normalized spacial score (nSPS) is 10.5. The van der Waals surface area contributed by atoms with Crippen LogP contribution in [0.15, 0.2) is 60.7 Å². The van der Waals surface area contributed by atoms with Crippen LogP contribution in [0, 0.1) is 0 Å². The summed E-state index contributed by atoms with van der Waals surface area (Å²) < 4.78 is 4.89. The summed E-state index contributed by atoms with van der Waals surface area (Å²) in [5.74, 6) is -0.583. The molecule has 2 aromatic carbocycles. The molecule has 1 aromatic heterocycles. The third-order valence-corrected chi connectivity index (χ3v) is 5.04. The Labute approximate surface area is 167 Å². The first-order chi connectivity index (χ1) is 13.7. The molecule has 7 heteroatoms. The van der Waals surface area contributed by atoms with Crippen molar-refractivity contribution in [3.05, 3.63) is 65.5 Å². The predicted octanol–water partition coefficient (Wildman–Crippen LogP) is 2.97. The van der Waals surface area contributed by atoms with Gasteiger partial charge in [0.15, 0.2) is 0 Å². The molecule has 0 aliphatic rings. The number of hydrogen-bond donors (Lipinski definition) is 2. The summed E-state index contributed by atoms with van der Waals surface area (Å²) in [5.41, 5.74) is 2.42. The summed E-state index contributed by atoms with van der Waals surface area (Å²) in [6, 6.07) is 19.3. The average molecular weight is 395 g/mol. The fourth-order valence-corrected chi connectivity index (χ4v) is 3.58. The Morgan fingerprint density at radius 3 is 2.25 bits per heavy atom. The van der Waals surface area contributed by atoms with E-state index in [1.54, 1.807) is 7.11 Å². The van der Waals surface area contributed by atoms with E-state index in [0.717, 1.165) is 16.1 Å². The summed E-state index contributed by atoms with van der Waals surface area (Å²) in [4.78, 5) is 29.8. The van der Waals surface area contributed by atoms with Gasteiger partial charge in [0.05, 0.1) is 18.8 Å². The Hall–Kier alpha value is -3.03. The maximum absolute atomic E-state index is 12.8. The van der Waals surface area contributed by atoms with E-state index in [4.69, 9.17) is 9.72 Å². The molecule has 0 spiro atoms. The van der Waals surface area contributed by atoms with Gasteiger partial charge in [0.2, 0.25) is 5.91 Å². The smallest absolute Gasteiger partial charge is 0.264 e. The predicted molar refractivity (Wildman–Crippen MR) is 110 cm³/mol. The maximum Gasteiger partial charge on any atom is 0.264 e. The minimum Gasteiger partial charge on any atom is -0.383 e. The van der Waals surface area contributed by atoms with E-state index in [1.807, 2.05) is 60.7 Å². The molecular weight excluding hydrogens is 374 g/mol. The summed E-state index contributed by atoms with van der Waals surface area (Å²) in [6.45, 7) is 0.724. The molecule has 3 aromatic rings. The number of thiazole rings is 1. The summed E-state index contributed by atoms with van der Waals surface area (Å²) in [5, 5.41) is 6.11. The van der Waals surface area contributed by atoms with Crippen molar-refractivity contribution >= 4 is 23.2 Å². The van der Waals surface area contributed by atoms with Crippen molar-refractivity contribution in [1.29, 1.82) is 0 Å². The van der Waals surface area contributed by atoms with Crippen molar-refractivity contribution in [2.45, 2.75) is 0 Å². The highest BCUT2D eigenvalue weighted by molar-refractivity contribution is 7.17. The minimum atomic E-state index is -0.319. The average Bonchev–Trinajstić information content (AvgIpc) is 3.19. The third kappa shape index (κ3) is 5.03. The lowest BCUT2D eigenvalue weighted by molar-refractivity contribution is -0.120. The summed E-state index contributed by atoms with van der Waals surface area (Å²) in [7, 11) is 1.56. The van der Waals surface area contributed by atoms with Gasteiger partial charge in [-0.05, 0) is 0 Å². The van der Waals surface area contributed by atoms with E-state index in [1.165, 1.54) is 11.3 Å². The molecule has 144 valence electrons. The lowest BCUT2D eigenvalue weighted by Crippen LogP contribution is -2.38. The largest absolute Gasteiger partial charge is 0.383 e. The van der Waals surface area contributed by atoms with Crippen LogP contribution in [-0.2, 0) is 9.53 Å². The number of nitrogens with zero attached hydrogens (tertiary/aromatic N) is 1. The van der Waals surface area contributed by atoms with Crippen molar-refractivity contribution in [3.63, 3.8) is 0 Å². The zero-order chi connectivity index (χ0) is 19.8. The van der Waals surface area contributed by atoms with Crippen molar-refractivity contribution in [1.82, 2.24) is 15.6 Å². The van der Waals surface area contributed by atoms with E-state index in [-0.39, 0.29) is 18.4 Å². The number of hydrogen-bond acceptors (Lipinski definition) is 5. The van der Waals surface area contributed by atoms with Crippen LogP contribution < -0.4 is 10.6 Å². The van der Waals surface area contributed by atoms with Gasteiger partial charge in [0.25, 0.3) is 5.91 Å². The van der Waals surface area contributed by atoms with Gasteiger partial charge < -0.3 is 15.4 Å². The second-order valence-corrected chi connectivity index (χ2v) is 6.95. The number of carbonyl (C=O) groups excluding carboxylic acids is 2. The molecule has 0 unspecified atom stereocenters. The van der Waals surface area contributed by atoms with Crippen molar-refractivity contribution in [2.24, 2.45) is 0 Å². The lowest BCUT2D eigenvalue weighted by atomic mass is 10.1. The second-order valence-electron chi connectivity index (χ2n) is 5.95. The Bertz CT molecular complexity index is 927. The van der Waals surface area contributed by atoms with Gasteiger partial charge in [0.1, 0.15) is 9.88 Å². The van der Waals surface area contributed by atoms with Gasteiger partial charge in [0, 0.05) is 24.8 Å². The number of methoxy groups -OCH3 is 1. The van der Waals surface area contributed by atoms with Crippen LogP contribution in [0.5, 0.6) is 0 Å². The Morgan fingerprint density at radius 2 is 1.61 bits per heavy atom. The van der Waals surface area contributed by atoms with Gasteiger partial charge in [-0.25, -0.2) is 4.98 Å². The minimum absolute atomic E-state index is 0.102. The number of amides is 2. The highest BCUT2D eigenvalue weighted by Crippen LogP contribution is 2.33. The van der Waals surface area contributed by atoms with Gasteiger partial charge >= 0.3 is 0 Å². The molecule has 0 aliphatic carbocycles. The number of rotatable bonds is 8. The Balaban J connectivity index is 1.81. The van der Waals surface area contributed by atoms with Crippen LogP contribution in [0.1, 0.15) is 9.67 Å².